The number of hydrogen-bond acceptors (Lipinski definition) is 3. The number of nitrogens with one attached hydrogen (secondary N) is 1. The molecule has 0 atom stereocenters. The van der Waals surface area contributed by atoms with Gasteiger partial charge in [0, 0.05) is 17.1 Å². The molecular formula is C22H26ClNO3. The van der Waals surface area contributed by atoms with Gasteiger partial charge in [-0.1, -0.05) is 49.9 Å². The van der Waals surface area contributed by atoms with E-state index in [2.05, 4.69) is 12.2 Å². The summed E-state index contributed by atoms with van der Waals surface area (Å²) in [6.07, 6.45) is 5.30. The van der Waals surface area contributed by atoms with Crippen LogP contribution in [0.2, 0.25) is 5.02 Å². The van der Waals surface area contributed by atoms with Crippen molar-refractivity contribution in [3.05, 3.63) is 64.7 Å². The molecule has 0 aliphatic heterocycles. The number of aryl methyl sites for hydroxylation is 1. The number of hydrogen-bond donors (Lipinski definition) is 1. The van der Waals surface area contributed by atoms with Gasteiger partial charge < -0.3 is 10.1 Å². The third-order valence-corrected chi connectivity index (χ3v) is 4.44. The van der Waals surface area contributed by atoms with E-state index in [0.29, 0.717) is 35.7 Å². The maximum Gasteiger partial charge on any atom is 0.338 e. The molecule has 4 nitrogen and oxygen atoms in total. The molecule has 2 aromatic carbocycles. The second kappa shape index (κ2) is 11.4. The molecule has 2 aromatic rings. The van der Waals surface area contributed by atoms with Crippen LogP contribution >= 0.6 is 11.6 Å². The zero-order chi connectivity index (χ0) is 19.5. The number of ether oxygens (including phenoxy) is 1. The highest BCUT2D eigenvalue weighted by molar-refractivity contribution is 6.30. The molecule has 27 heavy (non-hydrogen) atoms. The van der Waals surface area contributed by atoms with Gasteiger partial charge in [-0.15, -0.1) is 0 Å². The summed E-state index contributed by atoms with van der Waals surface area (Å²) in [6, 6.07) is 14.2. The van der Waals surface area contributed by atoms with Crippen molar-refractivity contribution >= 4 is 29.2 Å². The number of anilines is 1. The lowest BCUT2D eigenvalue weighted by molar-refractivity contribution is -0.116. The monoisotopic (exact) mass is 387 g/mol. The summed E-state index contributed by atoms with van der Waals surface area (Å²) in [5.41, 5.74) is 2.21. The molecule has 0 saturated heterocycles. The van der Waals surface area contributed by atoms with E-state index in [0.717, 1.165) is 31.2 Å². The molecule has 0 radical (unpaired) electrons. The van der Waals surface area contributed by atoms with Gasteiger partial charge >= 0.3 is 5.97 Å². The first-order valence-corrected chi connectivity index (χ1v) is 9.77. The molecule has 2 rings (SSSR count). The van der Waals surface area contributed by atoms with Gasteiger partial charge in [-0.2, -0.15) is 0 Å². The Kier molecular flexibility index (Phi) is 8.85. The highest BCUT2D eigenvalue weighted by Gasteiger charge is 2.08. The van der Waals surface area contributed by atoms with E-state index in [1.54, 1.807) is 24.3 Å². The largest absolute Gasteiger partial charge is 0.462 e. The Morgan fingerprint density at radius 3 is 2.33 bits per heavy atom. The van der Waals surface area contributed by atoms with Crippen molar-refractivity contribution in [1.29, 1.82) is 0 Å². The van der Waals surface area contributed by atoms with Gasteiger partial charge in [-0.25, -0.2) is 4.79 Å². The molecule has 0 unspecified atom stereocenters. The first-order chi connectivity index (χ1) is 13.1. The van der Waals surface area contributed by atoms with Gasteiger partial charge in [-0.05, 0) is 54.8 Å². The first-order valence-electron chi connectivity index (χ1n) is 9.40. The lowest BCUT2D eigenvalue weighted by atomic mass is 10.1. The Morgan fingerprint density at radius 2 is 1.67 bits per heavy atom. The second-order valence-electron chi connectivity index (χ2n) is 6.45. The summed E-state index contributed by atoms with van der Waals surface area (Å²) in [7, 11) is 0. The number of benzene rings is 2. The molecule has 0 aliphatic carbocycles. The number of carbonyl (C=O) groups excluding carboxylic acids is 2. The first kappa shape index (κ1) is 21.0. The summed E-state index contributed by atoms with van der Waals surface area (Å²) < 4.78 is 5.26. The van der Waals surface area contributed by atoms with E-state index >= 15 is 0 Å². The average molecular weight is 388 g/mol. The van der Waals surface area contributed by atoms with E-state index in [1.807, 2.05) is 24.3 Å². The predicted octanol–water partition coefficient (Wildman–Crippen LogP) is 5.65. The van der Waals surface area contributed by atoms with Crippen LogP contribution in [0.5, 0.6) is 0 Å². The Hall–Kier alpha value is -2.33. The molecule has 5 heteroatoms. The fraction of sp³-hybridized carbons (Fsp3) is 0.364. The van der Waals surface area contributed by atoms with Crippen LogP contribution in [-0.2, 0) is 16.0 Å². The quantitative estimate of drug-likeness (QED) is 0.423. The molecule has 0 spiro atoms. The zero-order valence-electron chi connectivity index (χ0n) is 15.7. The summed E-state index contributed by atoms with van der Waals surface area (Å²) in [4.78, 5) is 24.0. The van der Waals surface area contributed by atoms with Crippen LogP contribution in [-0.4, -0.2) is 18.5 Å². The van der Waals surface area contributed by atoms with Crippen LogP contribution in [0.25, 0.3) is 0 Å². The van der Waals surface area contributed by atoms with Crippen LogP contribution in [0.1, 0.15) is 54.9 Å². The van der Waals surface area contributed by atoms with Gasteiger partial charge in [0.25, 0.3) is 0 Å². The molecule has 0 saturated carbocycles. The zero-order valence-corrected chi connectivity index (χ0v) is 16.4. The number of amides is 1. The van der Waals surface area contributed by atoms with Gasteiger partial charge in [0.05, 0.1) is 12.2 Å². The van der Waals surface area contributed by atoms with E-state index in [4.69, 9.17) is 16.3 Å². The maximum absolute atomic E-state index is 12.1. The Morgan fingerprint density at radius 1 is 0.963 bits per heavy atom. The average Bonchev–Trinajstić information content (AvgIpc) is 2.68. The topological polar surface area (TPSA) is 55.4 Å². The van der Waals surface area contributed by atoms with E-state index in [1.165, 1.54) is 0 Å². The molecule has 0 fully saturated rings. The molecule has 1 amide bonds. The van der Waals surface area contributed by atoms with E-state index < -0.39 is 0 Å². The Balaban J connectivity index is 1.74. The summed E-state index contributed by atoms with van der Waals surface area (Å²) in [6.45, 7) is 2.59. The Bertz CT molecular complexity index is 726. The number of halogens is 1. The van der Waals surface area contributed by atoms with Crippen LogP contribution in [0.4, 0.5) is 5.69 Å². The van der Waals surface area contributed by atoms with Crippen molar-refractivity contribution in [1.82, 2.24) is 0 Å². The molecular weight excluding hydrogens is 362 g/mol. The van der Waals surface area contributed by atoms with Crippen molar-refractivity contribution in [2.75, 3.05) is 11.9 Å². The molecule has 144 valence electrons. The van der Waals surface area contributed by atoms with Crippen molar-refractivity contribution in [3.8, 4) is 0 Å². The number of rotatable bonds is 10. The number of esters is 1. The third-order valence-electron chi connectivity index (χ3n) is 4.19. The van der Waals surface area contributed by atoms with Gasteiger partial charge in [0.2, 0.25) is 5.91 Å². The smallest absolute Gasteiger partial charge is 0.338 e. The SMILES string of the molecule is CCCCCCOC(=O)c1ccc(NC(=O)CCc2ccc(Cl)cc2)cc1. The molecule has 0 aromatic heterocycles. The van der Waals surface area contributed by atoms with Crippen LogP contribution in [0.15, 0.2) is 48.5 Å². The number of carbonyl (C=O) groups is 2. The standard InChI is InChI=1S/C22H26ClNO3/c1-2-3-4-5-16-27-22(26)18-9-13-20(14-10-18)24-21(25)15-8-17-6-11-19(23)12-7-17/h6-7,9-14H,2-5,8,15-16H2,1H3,(H,24,25). The molecule has 1 N–H and O–H groups in total. The van der Waals surface area contributed by atoms with Gasteiger partial charge in [-0.3, -0.25) is 4.79 Å². The summed E-state index contributed by atoms with van der Waals surface area (Å²) in [5.74, 6) is -0.400. The second-order valence-corrected chi connectivity index (χ2v) is 6.89. The van der Waals surface area contributed by atoms with Crippen molar-refractivity contribution < 1.29 is 14.3 Å². The summed E-state index contributed by atoms with van der Waals surface area (Å²) >= 11 is 5.85. The highest BCUT2D eigenvalue weighted by atomic mass is 35.5. The third kappa shape index (κ3) is 7.83. The van der Waals surface area contributed by atoms with Crippen molar-refractivity contribution in [2.24, 2.45) is 0 Å². The van der Waals surface area contributed by atoms with Crippen LogP contribution in [0, 0.1) is 0 Å². The normalized spacial score (nSPS) is 10.4. The molecule has 0 aliphatic rings. The fourth-order valence-corrected chi connectivity index (χ4v) is 2.73. The minimum Gasteiger partial charge on any atom is -0.462 e. The maximum atomic E-state index is 12.1. The molecule has 0 heterocycles. The van der Waals surface area contributed by atoms with Crippen molar-refractivity contribution in [3.63, 3.8) is 0 Å². The highest BCUT2D eigenvalue weighted by Crippen LogP contribution is 2.14. The summed E-state index contributed by atoms with van der Waals surface area (Å²) in [5, 5.41) is 3.52. The van der Waals surface area contributed by atoms with Crippen molar-refractivity contribution in [2.45, 2.75) is 45.4 Å². The van der Waals surface area contributed by atoms with E-state index in [-0.39, 0.29) is 11.9 Å². The van der Waals surface area contributed by atoms with Crippen LogP contribution < -0.4 is 5.32 Å². The lowest BCUT2D eigenvalue weighted by Crippen LogP contribution is -2.12. The van der Waals surface area contributed by atoms with Gasteiger partial charge in [0.15, 0.2) is 0 Å². The van der Waals surface area contributed by atoms with Gasteiger partial charge in [0.1, 0.15) is 0 Å². The Labute approximate surface area is 165 Å². The minimum absolute atomic E-state index is 0.0730. The lowest BCUT2D eigenvalue weighted by Gasteiger charge is -2.07. The minimum atomic E-state index is -0.327. The fourth-order valence-electron chi connectivity index (χ4n) is 2.60. The predicted molar refractivity (Wildman–Crippen MR) is 109 cm³/mol. The number of unbranched alkanes of at least 4 members (excludes halogenated alkanes) is 3. The molecule has 0 bridgehead atoms. The van der Waals surface area contributed by atoms with Crippen LogP contribution in [0.3, 0.4) is 0 Å². The van der Waals surface area contributed by atoms with E-state index in [9.17, 15) is 9.59 Å².